The molecule has 0 amide bonds. The van der Waals surface area contributed by atoms with Crippen LogP contribution in [0.4, 0.5) is 0 Å². The molecule has 1 aliphatic rings. The van der Waals surface area contributed by atoms with Gasteiger partial charge in [-0.2, -0.15) is 0 Å². The molecule has 3 aromatic rings. The number of fused-ring (bicyclic) bond motifs is 2. The van der Waals surface area contributed by atoms with Gasteiger partial charge in [0.05, 0.1) is 24.2 Å². The molecule has 0 spiro atoms. The molecule has 124 valence electrons. The number of aromatic nitrogens is 3. The Kier molecular flexibility index (Phi) is 3.60. The van der Waals surface area contributed by atoms with Gasteiger partial charge in [-0.15, -0.1) is 10.2 Å². The van der Waals surface area contributed by atoms with Crippen LogP contribution in [0, 0.1) is 0 Å². The average molecular weight is 344 g/mol. The van der Waals surface area contributed by atoms with Gasteiger partial charge in [-0.25, -0.2) is 13.1 Å². The number of ether oxygens (including phenoxy) is 1. The molecule has 0 bridgehead atoms. The van der Waals surface area contributed by atoms with Gasteiger partial charge >= 0.3 is 0 Å². The van der Waals surface area contributed by atoms with Crippen LogP contribution >= 0.6 is 0 Å². The summed E-state index contributed by atoms with van der Waals surface area (Å²) in [5.74, 6) is 0.540. The number of rotatable bonds is 4. The Hall–Kier alpha value is -2.29. The molecule has 4 rings (SSSR count). The summed E-state index contributed by atoms with van der Waals surface area (Å²) < 4.78 is 35.4. The third kappa shape index (κ3) is 2.48. The Labute approximate surface area is 139 Å². The number of hydrogen-bond acceptors (Lipinski definition) is 5. The highest BCUT2D eigenvalue weighted by atomic mass is 32.2. The minimum absolute atomic E-state index is 0.262. The third-order valence-electron chi connectivity index (χ3n) is 4.08. The van der Waals surface area contributed by atoms with Crippen LogP contribution in [0.3, 0.4) is 0 Å². The zero-order valence-electron chi connectivity index (χ0n) is 13.0. The molecule has 1 N–H and O–H groups in total. The van der Waals surface area contributed by atoms with E-state index in [4.69, 9.17) is 4.74 Å². The maximum Gasteiger partial charge on any atom is 0.241 e. The standard InChI is InChI=1S/C16H16N4O3S/c1-11(16-18-17-15-7-2-3-8-20(15)16)19-24(21,22)14-6-4-5-12-9-23-10-13(12)14/h2-8,11,19H,9-10H2,1H3. The minimum Gasteiger partial charge on any atom is -0.372 e. The molecular weight excluding hydrogens is 328 g/mol. The normalized spacial score (nSPS) is 15.5. The molecule has 1 aliphatic heterocycles. The van der Waals surface area contributed by atoms with Gasteiger partial charge < -0.3 is 4.74 Å². The molecule has 7 nitrogen and oxygen atoms in total. The second-order valence-electron chi connectivity index (χ2n) is 5.72. The highest BCUT2D eigenvalue weighted by Gasteiger charge is 2.27. The molecule has 2 aromatic heterocycles. The predicted molar refractivity (Wildman–Crippen MR) is 86.7 cm³/mol. The minimum atomic E-state index is -3.69. The maximum absolute atomic E-state index is 12.8. The van der Waals surface area contributed by atoms with Crippen molar-refractivity contribution in [3.8, 4) is 0 Å². The fourth-order valence-corrected chi connectivity index (χ4v) is 4.40. The van der Waals surface area contributed by atoms with Crippen LogP contribution in [0.15, 0.2) is 47.5 Å². The van der Waals surface area contributed by atoms with Crippen molar-refractivity contribution in [1.29, 1.82) is 0 Å². The topological polar surface area (TPSA) is 85.6 Å². The van der Waals surface area contributed by atoms with E-state index in [0.717, 1.165) is 11.1 Å². The van der Waals surface area contributed by atoms with Gasteiger partial charge in [0.2, 0.25) is 10.0 Å². The van der Waals surface area contributed by atoms with E-state index in [9.17, 15) is 8.42 Å². The monoisotopic (exact) mass is 344 g/mol. The fraction of sp³-hybridized carbons (Fsp3) is 0.250. The van der Waals surface area contributed by atoms with E-state index >= 15 is 0 Å². The van der Waals surface area contributed by atoms with E-state index in [1.807, 2.05) is 30.5 Å². The van der Waals surface area contributed by atoms with Crippen LogP contribution in [0.5, 0.6) is 0 Å². The summed E-state index contributed by atoms with van der Waals surface area (Å²) in [6.45, 7) is 2.51. The van der Waals surface area contributed by atoms with Crippen molar-refractivity contribution in [2.45, 2.75) is 31.1 Å². The molecule has 1 unspecified atom stereocenters. The summed E-state index contributed by atoms with van der Waals surface area (Å²) in [5, 5.41) is 8.17. The molecule has 0 radical (unpaired) electrons. The Morgan fingerprint density at radius 3 is 2.92 bits per heavy atom. The van der Waals surface area contributed by atoms with Crippen LogP contribution in [0.1, 0.15) is 29.9 Å². The Morgan fingerprint density at radius 2 is 2.04 bits per heavy atom. The predicted octanol–water partition coefficient (Wildman–Crippen LogP) is 1.80. The lowest BCUT2D eigenvalue weighted by Gasteiger charge is -2.14. The lowest BCUT2D eigenvalue weighted by molar-refractivity contribution is 0.133. The van der Waals surface area contributed by atoms with E-state index in [1.54, 1.807) is 23.5 Å². The van der Waals surface area contributed by atoms with Crippen LogP contribution in [0.25, 0.3) is 5.65 Å². The largest absolute Gasteiger partial charge is 0.372 e. The van der Waals surface area contributed by atoms with E-state index in [-0.39, 0.29) is 4.90 Å². The zero-order chi connectivity index (χ0) is 16.7. The summed E-state index contributed by atoms with van der Waals surface area (Å²) in [5.41, 5.74) is 2.31. The molecular formula is C16H16N4O3S. The van der Waals surface area contributed by atoms with Crippen molar-refractivity contribution < 1.29 is 13.2 Å². The zero-order valence-corrected chi connectivity index (χ0v) is 13.8. The van der Waals surface area contributed by atoms with Gasteiger partial charge in [0.25, 0.3) is 0 Å². The van der Waals surface area contributed by atoms with Crippen LogP contribution in [0.2, 0.25) is 0 Å². The SMILES string of the molecule is CC(NS(=O)(=O)c1cccc2c1COC2)c1nnc2ccccn12. The molecule has 1 atom stereocenters. The van der Waals surface area contributed by atoms with Gasteiger partial charge in [-0.3, -0.25) is 4.40 Å². The second-order valence-corrected chi connectivity index (χ2v) is 7.40. The van der Waals surface area contributed by atoms with Crippen molar-refractivity contribution in [2.24, 2.45) is 0 Å². The third-order valence-corrected chi connectivity index (χ3v) is 5.71. The number of nitrogens with one attached hydrogen (secondary N) is 1. The first kappa shape index (κ1) is 15.3. The number of sulfonamides is 1. The van der Waals surface area contributed by atoms with Crippen LogP contribution < -0.4 is 4.72 Å². The van der Waals surface area contributed by atoms with Gasteiger partial charge in [0.1, 0.15) is 0 Å². The molecule has 1 aromatic carbocycles. The second kappa shape index (κ2) is 5.66. The lowest BCUT2D eigenvalue weighted by Crippen LogP contribution is -2.29. The van der Waals surface area contributed by atoms with Gasteiger partial charge in [-0.1, -0.05) is 18.2 Å². The first-order chi connectivity index (χ1) is 11.6. The Morgan fingerprint density at radius 1 is 1.17 bits per heavy atom. The quantitative estimate of drug-likeness (QED) is 0.780. The summed E-state index contributed by atoms with van der Waals surface area (Å²) >= 11 is 0. The van der Waals surface area contributed by atoms with E-state index in [1.165, 1.54) is 0 Å². The van der Waals surface area contributed by atoms with E-state index in [0.29, 0.717) is 24.7 Å². The maximum atomic E-state index is 12.8. The number of hydrogen-bond donors (Lipinski definition) is 1. The molecule has 3 heterocycles. The molecule has 0 saturated carbocycles. The average Bonchev–Trinajstić information content (AvgIpc) is 3.20. The van der Waals surface area contributed by atoms with Gasteiger partial charge in [0, 0.05) is 11.8 Å². The van der Waals surface area contributed by atoms with Gasteiger partial charge in [-0.05, 0) is 30.7 Å². The van der Waals surface area contributed by atoms with Gasteiger partial charge in [0.15, 0.2) is 11.5 Å². The number of benzene rings is 1. The van der Waals surface area contributed by atoms with Crippen molar-refractivity contribution in [2.75, 3.05) is 0 Å². The Bertz CT molecular complexity index is 1010. The molecule has 8 heteroatoms. The highest BCUT2D eigenvalue weighted by Crippen LogP contribution is 2.27. The van der Waals surface area contributed by atoms with Crippen molar-refractivity contribution in [3.05, 3.63) is 59.5 Å². The van der Waals surface area contributed by atoms with E-state index < -0.39 is 16.1 Å². The van der Waals surface area contributed by atoms with Crippen molar-refractivity contribution in [3.63, 3.8) is 0 Å². The summed E-state index contributed by atoms with van der Waals surface area (Å²) in [6, 6.07) is 10.2. The van der Waals surface area contributed by atoms with Crippen LogP contribution in [-0.2, 0) is 28.0 Å². The summed E-state index contributed by atoms with van der Waals surface area (Å²) in [6.07, 6.45) is 1.81. The Balaban J connectivity index is 1.68. The number of nitrogens with zero attached hydrogens (tertiary/aromatic N) is 3. The van der Waals surface area contributed by atoms with Crippen molar-refractivity contribution in [1.82, 2.24) is 19.3 Å². The highest BCUT2D eigenvalue weighted by molar-refractivity contribution is 7.89. The molecule has 0 saturated heterocycles. The molecule has 0 fully saturated rings. The number of pyridine rings is 1. The first-order valence-corrected chi connectivity index (χ1v) is 9.05. The lowest BCUT2D eigenvalue weighted by atomic mass is 10.1. The fourth-order valence-electron chi connectivity index (χ4n) is 2.93. The smallest absolute Gasteiger partial charge is 0.241 e. The molecule has 24 heavy (non-hydrogen) atoms. The summed E-state index contributed by atoms with van der Waals surface area (Å²) in [7, 11) is -3.69. The van der Waals surface area contributed by atoms with E-state index in [2.05, 4.69) is 14.9 Å². The molecule has 0 aliphatic carbocycles. The van der Waals surface area contributed by atoms with Crippen molar-refractivity contribution >= 4 is 15.7 Å². The first-order valence-electron chi connectivity index (χ1n) is 7.57. The van der Waals surface area contributed by atoms with Crippen LogP contribution in [-0.4, -0.2) is 23.0 Å². The summed E-state index contributed by atoms with van der Waals surface area (Å²) in [4.78, 5) is 0.262.